The Balaban J connectivity index is 1.62. The van der Waals surface area contributed by atoms with Crippen molar-refractivity contribution in [1.29, 1.82) is 0 Å². The second-order valence-corrected chi connectivity index (χ2v) is 5.50. The predicted molar refractivity (Wildman–Crippen MR) is 75.4 cm³/mol. The van der Waals surface area contributed by atoms with E-state index < -0.39 is 0 Å². The van der Waals surface area contributed by atoms with Crippen LogP contribution in [0.4, 0.5) is 0 Å². The van der Waals surface area contributed by atoms with E-state index in [2.05, 4.69) is 10.6 Å². The van der Waals surface area contributed by atoms with Crippen molar-refractivity contribution >= 4 is 17.5 Å². The van der Waals surface area contributed by atoms with Gasteiger partial charge in [-0.15, -0.1) is 0 Å². The fraction of sp³-hybridized carbons (Fsp3) is 0.500. The molecule has 0 aliphatic carbocycles. The van der Waals surface area contributed by atoms with Crippen LogP contribution in [0.2, 0.25) is 5.02 Å². The van der Waals surface area contributed by atoms with Crippen LogP contribution in [-0.2, 0) is 16.0 Å². The van der Waals surface area contributed by atoms with Crippen LogP contribution < -0.4 is 10.6 Å². The topological polar surface area (TPSA) is 50.4 Å². The van der Waals surface area contributed by atoms with Gasteiger partial charge in [0.1, 0.15) is 6.61 Å². The summed E-state index contributed by atoms with van der Waals surface area (Å²) in [6.45, 7) is 4.36. The molecule has 1 heterocycles. The zero-order valence-corrected chi connectivity index (χ0v) is 11.8. The highest BCUT2D eigenvalue weighted by Gasteiger charge is 2.32. The van der Waals surface area contributed by atoms with E-state index in [0.29, 0.717) is 6.54 Å². The van der Waals surface area contributed by atoms with Crippen LogP contribution in [0.5, 0.6) is 0 Å². The van der Waals surface area contributed by atoms with Gasteiger partial charge in [0.15, 0.2) is 0 Å². The molecule has 0 atom stereocenters. The third kappa shape index (κ3) is 4.49. The number of ether oxygens (including phenoxy) is 1. The van der Waals surface area contributed by atoms with E-state index in [4.69, 9.17) is 16.3 Å². The van der Waals surface area contributed by atoms with Gasteiger partial charge in [0.2, 0.25) is 5.91 Å². The number of hydrogen-bond acceptors (Lipinski definition) is 3. The van der Waals surface area contributed by atoms with Crippen molar-refractivity contribution in [3.8, 4) is 0 Å². The van der Waals surface area contributed by atoms with Gasteiger partial charge >= 0.3 is 0 Å². The summed E-state index contributed by atoms with van der Waals surface area (Å²) >= 11 is 5.81. The third-order valence-corrected chi connectivity index (χ3v) is 3.45. The summed E-state index contributed by atoms with van der Waals surface area (Å²) in [4.78, 5) is 11.6. The molecule has 0 bridgehead atoms. The van der Waals surface area contributed by atoms with Crippen molar-refractivity contribution in [3.63, 3.8) is 0 Å². The molecule has 1 saturated heterocycles. The summed E-state index contributed by atoms with van der Waals surface area (Å²) in [6, 6.07) is 7.64. The molecule has 0 aromatic heterocycles. The monoisotopic (exact) mass is 282 g/mol. The number of nitrogens with one attached hydrogen (secondary N) is 2. The van der Waals surface area contributed by atoms with Gasteiger partial charge in [-0.25, -0.2) is 0 Å². The van der Waals surface area contributed by atoms with E-state index in [9.17, 15) is 4.79 Å². The average Bonchev–Trinajstić information content (AvgIpc) is 2.36. The van der Waals surface area contributed by atoms with Gasteiger partial charge in [-0.1, -0.05) is 23.7 Å². The number of amides is 1. The first-order valence-electron chi connectivity index (χ1n) is 6.43. The van der Waals surface area contributed by atoms with Crippen molar-refractivity contribution in [2.75, 3.05) is 26.2 Å². The second kappa shape index (κ2) is 6.37. The molecular formula is C14H19ClN2O2. The number of hydrogen-bond donors (Lipinski definition) is 2. The van der Waals surface area contributed by atoms with Crippen LogP contribution in [0, 0.1) is 0 Å². The molecule has 1 amide bonds. The Morgan fingerprint density at radius 3 is 2.68 bits per heavy atom. The van der Waals surface area contributed by atoms with E-state index in [1.54, 1.807) is 0 Å². The minimum Gasteiger partial charge on any atom is -0.363 e. The first-order chi connectivity index (χ1) is 9.07. The summed E-state index contributed by atoms with van der Waals surface area (Å²) in [7, 11) is 0. The molecule has 4 nitrogen and oxygen atoms in total. The minimum absolute atomic E-state index is 0.0675. The number of carbonyl (C=O) groups is 1. The van der Waals surface area contributed by atoms with Gasteiger partial charge in [0, 0.05) is 24.7 Å². The lowest BCUT2D eigenvalue weighted by Gasteiger charge is -2.38. The Kier molecular flexibility index (Phi) is 4.80. The first-order valence-corrected chi connectivity index (χ1v) is 6.81. The Bertz CT molecular complexity index is 430. The standard InChI is InChI=1S/C14H19ClN2O2/c1-14(9-16-10-14)19-8-13(18)17-7-6-11-2-4-12(15)5-3-11/h2-5,16H,6-10H2,1H3,(H,17,18). The van der Waals surface area contributed by atoms with E-state index in [1.807, 2.05) is 31.2 Å². The molecule has 1 fully saturated rings. The maximum atomic E-state index is 11.6. The Morgan fingerprint density at radius 1 is 1.42 bits per heavy atom. The smallest absolute Gasteiger partial charge is 0.246 e. The molecule has 0 saturated carbocycles. The summed E-state index contributed by atoms with van der Waals surface area (Å²) in [5.41, 5.74) is 0.980. The molecule has 0 radical (unpaired) electrons. The van der Waals surface area contributed by atoms with Crippen LogP contribution in [0.3, 0.4) is 0 Å². The SMILES string of the molecule is CC1(OCC(=O)NCCc2ccc(Cl)cc2)CNC1. The molecule has 104 valence electrons. The fourth-order valence-corrected chi connectivity index (χ4v) is 1.99. The highest BCUT2D eigenvalue weighted by atomic mass is 35.5. The van der Waals surface area contributed by atoms with E-state index in [0.717, 1.165) is 30.1 Å². The van der Waals surface area contributed by atoms with E-state index in [-0.39, 0.29) is 18.1 Å². The van der Waals surface area contributed by atoms with Crippen molar-refractivity contribution in [2.45, 2.75) is 18.9 Å². The van der Waals surface area contributed by atoms with Crippen molar-refractivity contribution in [1.82, 2.24) is 10.6 Å². The molecule has 1 aliphatic rings. The van der Waals surface area contributed by atoms with Crippen LogP contribution in [0.1, 0.15) is 12.5 Å². The van der Waals surface area contributed by atoms with Gasteiger partial charge in [-0.2, -0.15) is 0 Å². The third-order valence-electron chi connectivity index (χ3n) is 3.20. The summed E-state index contributed by atoms with van der Waals surface area (Å²) in [5.74, 6) is -0.0675. The molecule has 0 spiro atoms. The Labute approximate surface area is 118 Å². The summed E-state index contributed by atoms with van der Waals surface area (Å²) in [6.07, 6.45) is 0.793. The van der Waals surface area contributed by atoms with Crippen LogP contribution in [0.15, 0.2) is 24.3 Å². The average molecular weight is 283 g/mol. The molecule has 5 heteroatoms. The number of rotatable bonds is 6. The molecular weight excluding hydrogens is 264 g/mol. The quantitative estimate of drug-likeness (QED) is 0.829. The Morgan fingerprint density at radius 2 is 2.11 bits per heavy atom. The lowest BCUT2D eigenvalue weighted by molar-refractivity contribution is -0.135. The van der Waals surface area contributed by atoms with Gasteiger partial charge in [0.25, 0.3) is 0 Å². The molecule has 1 aliphatic heterocycles. The van der Waals surface area contributed by atoms with Crippen LogP contribution in [0.25, 0.3) is 0 Å². The van der Waals surface area contributed by atoms with Crippen molar-refractivity contribution in [3.05, 3.63) is 34.9 Å². The zero-order chi connectivity index (χ0) is 13.7. The maximum Gasteiger partial charge on any atom is 0.246 e. The minimum atomic E-state index is -0.173. The van der Waals surface area contributed by atoms with Crippen LogP contribution in [-0.4, -0.2) is 37.7 Å². The number of carbonyl (C=O) groups excluding carboxylic acids is 1. The molecule has 19 heavy (non-hydrogen) atoms. The van der Waals surface area contributed by atoms with E-state index >= 15 is 0 Å². The van der Waals surface area contributed by atoms with Gasteiger partial charge < -0.3 is 15.4 Å². The van der Waals surface area contributed by atoms with Gasteiger partial charge in [-0.05, 0) is 31.0 Å². The highest BCUT2D eigenvalue weighted by molar-refractivity contribution is 6.30. The molecule has 2 rings (SSSR count). The maximum absolute atomic E-state index is 11.6. The lowest BCUT2D eigenvalue weighted by Crippen LogP contribution is -2.59. The molecule has 1 aromatic carbocycles. The number of halogens is 1. The molecule has 2 N–H and O–H groups in total. The number of benzene rings is 1. The van der Waals surface area contributed by atoms with Crippen LogP contribution >= 0.6 is 11.6 Å². The Hall–Kier alpha value is -1.10. The predicted octanol–water partition coefficient (Wildman–Crippen LogP) is 1.38. The second-order valence-electron chi connectivity index (χ2n) is 5.07. The summed E-state index contributed by atoms with van der Waals surface area (Å²) < 4.78 is 5.55. The van der Waals surface area contributed by atoms with Gasteiger partial charge in [-0.3, -0.25) is 4.79 Å². The fourth-order valence-electron chi connectivity index (χ4n) is 1.87. The summed E-state index contributed by atoms with van der Waals surface area (Å²) in [5, 5.41) is 6.70. The molecule has 1 aromatic rings. The van der Waals surface area contributed by atoms with Gasteiger partial charge in [0.05, 0.1) is 5.60 Å². The highest BCUT2D eigenvalue weighted by Crippen LogP contribution is 2.14. The molecule has 0 unspecified atom stereocenters. The van der Waals surface area contributed by atoms with Crippen molar-refractivity contribution in [2.24, 2.45) is 0 Å². The van der Waals surface area contributed by atoms with E-state index in [1.165, 1.54) is 0 Å². The largest absolute Gasteiger partial charge is 0.363 e. The van der Waals surface area contributed by atoms with Crippen molar-refractivity contribution < 1.29 is 9.53 Å². The zero-order valence-electron chi connectivity index (χ0n) is 11.0. The lowest BCUT2D eigenvalue weighted by atomic mass is 10.0. The first kappa shape index (κ1) is 14.3. The normalized spacial score (nSPS) is 16.7.